The van der Waals surface area contributed by atoms with Gasteiger partial charge in [0.2, 0.25) is 0 Å². The Balaban J connectivity index is 4.93. The number of aliphatic hydroxyl groups excluding tert-OH is 1. The van der Waals surface area contributed by atoms with Crippen LogP contribution in [0.1, 0.15) is 74.1 Å². The first-order chi connectivity index (χ1) is 8.78. The zero-order valence-corrected chi connectivity index (χ0v) is 15.1. The molecule has 112 valence electrons. The summed E-state index contributed by atoms with van der Waals surface area (Å²) in [5, 5.41) is 10.0. The van der Waals surface area contributed by atoms with Gasteiger partial charge in [0.25, 0.3) is 0 Å². The topological polar surface area (TPSA) is 20.2 Å². The molecule has 0 bridgehead atoms. The second-order valence-electron chi connectivity index (χ2n) is 6.68. The van der Waals surface area contributed by atoms with Gasteiger partial charge in [0.05, 0.1) is 0 Å². The standard InChI is InChI=1S/C17H34OSi/c1-8-9-10-11-17(18)12-13-19(14(2)3,15(4)5)16(6)7/h14-18H,8-11H2,1-7H3/t17-/m1/s1. The molecule has 19 heavy (non-hydrogen) atoms. The van der Waals surface area contributed by atoms with E-state index in [0.717, 1.165) is 12.8 Å². The lowest BCUT2D eigenvalue weighted by atomic mass is 10.1. The highest BCUT2D eigenvalue weighted by atomic mass is 28.3. The van der Waals surface area contributed by atoms with Crippen molar-refractivity contribution < 1.29 is 5.11 Å². The summed E-state index contributed by atoms with van der Waals surface area (Å²) in [6.07, 6.45) is 3.89. The Morgan fingerprint density at radius 1 is 0.895 bits per heavy atom. The van der Waals surface area contributed by atoms with Crippen LogP contribution in [-0.4, -0.2) is 19.3 Å². The third-order valence-corrected chi connectivity index (χ3v) is 10.7. The summed E-state index contributed by atoms with van der Waals surface area (Å²) in [5.41, 5.74) is 5.52. The number of aliphatic hydroxyl groups is 1. The van der Waals surface area contributed by atoms with Crippen LogP contribution in [0.5, 0.6) is 0 Å². The van der Waals surface area contributed by atoms with Crippen molar-refractivity contribution in [2.75, 3.05) is 0 Å². The molecular weight excluding hydrogens is 248 g/mol. The van der Waals surface area contributed by atoms with E-state index in [0.29, 0.717) is 16.6 Å². The van der Waals surface area contributed by atoms with Gasteiger partial charge in [-0.05, 0) is 29.5 Å². The highest BCUT2D eigenvalue weighted by Gasteiger charge is 2.41. The minimum Gasteiger partial charge on any atom is -0.380 e. The number of unbranched alkanes of at least 4 members (excludes halogenated alkanes) is 2. The van der Waals surface area contributed by atoms with Crippen LogP contribution in [0.3, 0.4) is 0 Å². The van der Waals surface area contributed by atoms with E-state index in [2.05, 4.69) is 59.9 Å². The summed E-state index contributed by atoms with van der Waals surface area (Å²) in [6, 6.07) is 0. The Kier molecular flexibility index (Phi) is 8.70. The Labute approximate surface area is 122 Å². The van der Waals surface area contributed by atoms with E-state index in [9.17, 15) is 5.11 Å². The summed E-state index contributed by atoms with van der Waals surface area (Å²) in [4.78, 5) is 0. The van der Waals surface area contributed by atoms with E-state index in [1.807, 2.05) is 0 Å². The van der Waals surface area contributed by atoms with Crippen LogP contribution in [0.2, 0.25) is 16.6 Å². The summed E-state index contributed by atoms with van der Waals surface area (Å²) in [5.74, 6) is 3.19. The minimum absolute atomic E-state index is 0.422. The van der Waals surface area contributed by atoms with Gasteiger partial charge in [0, 0.05) is 0 Å². The second kappa shape index (κ2) is 8.82. The molecule has 0 aromatic heterocycles. The second-order valence-corrected chi connectivity index (χ2v) is 12.3. The molecule has 0 unspecified atom stereocenters. The first-order valence-corrected chi connectivity index (χ1v) is 10.2. The van der Waals surface area contributed by atoms with Crippen LogP contribution in [0.25, 0.3) is 0 Å². The summed E-state index contributed by atoms with van der Waals surface area (Å²) in [7, 11) is -1.66. The van der Waals surface area contributed by atoms with Gasteiger partial charge in [-0.3, -0.25) is 0 Å². The van der Waals surface area contributed by atoms with Gasteiger partial charge in [-0.2, -0.15) is 0 Å². The van der Waals surface area contributed by atoms with Gasteiger partial charge in [-0.15, -0.1) is 5.54 Å². The SMILES string of the molecule is CCCCC[C@@H](O)C#C[Si](C(C)C)(C(C)C)C(C)C. The molecule has 0 heterocycles. The molecule has 0 rings (SSSR count). The lowest BCUT2D eigenvalue weighted by Crippen LogP contribution is -2.43. The van der Waals surface area contributed by atoms with E-state index in [-0.39, 0.29) is 0 Å². The first kappa shape index (κ1) is 18.7. The fourth-order valence-electron chi connectivity index (χ4n) is 3.30. The van der Waals surface area contributed by atoms with Gasteiger partial charge in [-0.1, -0.05) is 67.2 Å². The Morgan fingerprint density at radius 3 is 1.74 bits per heavy atom. The molecule has 0 saturated heterocycles. The van der Waals surface area contributed by atoms with Gasteiger partial charge >= 0.3 is 0 Å². The monoisotopic (exact) mass is 282 g/mol. The zero-order chi connectivity index (χ0) is 15.1. The minimum atomic E-state index is -1.66. The summed E-state index contributed by atoms with van der Waals surface area (Å²) in [6.45, 7) is 16.0. The summed E-state index contributed by atoms with van der Waals surface area (Å²) < 4.78 is 0. The van der Waals surface area contributed by atoms with Crippen LogP contribution in [0.4, 0.5) is 0 Å². The molecule has 0 saturated carbocycles. The fraction of sp³-hybridized carbons (Fsp3) is 0.882. The Hall–Kier alpha value is -0.263. The molecule has 0 amide bonds. The maximum atomic E-state index is 10.0. The van der Waals surface area contributed by atoms with Gasteiger partial charge < -0.3 is 5.11 Å². The number of hydrogen-bond donors (Lipinski definition) is 1. The maximum absolute atomic E-state index is 10.0. The van der Waals surface area contributed by atoms with Gasteiger partial charge in [-0.25, -0.2) is 0 Å². The van der Waals surface area contributed by atoms with Crippen LogP contribution >= 0.6 is 0 Å². The van der Waals surface area contributed by atoms with Crippen molar-refractivity contribution >= 4 is 8.07 Å². The predicted octanol–water partition coefficient (Wildman–Crippen LogP) is 5.15. The van der Waals surface area contributed by atoms with Crippen LogP contribution in [0, 0.1) is 11.5 Å². The lowest BCUT2D eigenvalue weighted by molar-refractivity contribution is 0.217. The molecule has 2 heteroatoms. The van der Waals surface area contributed by atoms with Gasteiger partial charge in [0.15, 0.2) is 0 Å². The normalized spacial score (nSPS) is 13.8. The average molecular weight is 283 g/mol. The van der Waals surface area contributed by atoms with Crippen molar-refractivity contribution in [1.82, 2.24) is 0 Å². The largest absolute Gasteiger partial charge is 0.380 e. The van der Waals surface area contributed by atoms with Crippen LogP contribution in [-0.2, 0) is 0 Å². The molecule has 0 fully saturated rings. The molecule has 0 aliphatic carbocycles. The van der Waals surface area contributed by atoms with Crippen molar-refractivity contribution in [3.05, 3.63) is 0 Å². The number of rotatable bonds is 7. The molecular formula is C17H34OSi. The molecule has 0 aromatic carbocycles. The third-order valence-electron chi connectivity index (χ3n) is 4.40. The van der Waals surface area contributed by atoms with Crippen molar-refractivity contribution in [1.29, 1.82) is 0 Å². The third kappa shape index (κ3) is 5.32. The van der Waals surface area contributed by atoms with Crippen molar-refractivity contribution in [2.24, 2.45) is 0 Å². The Morgan fingerprint density at radius 2 is 1.37 bits per heavy atom. The van der Waals surface area contributed by atoms with E-state index in [1.165, 1.54) is 12.8 Å². The van der Waals surface area contributed by atoms with E-state index < -0.39 is 14.2 Å². The summed E-state index contributed by atoms with van der Waals surface area (Å²) >= 11 is 0. The predicted molar refractivity (Wildman–Crippen MR) is 89.0 cm³/mol. The van der Waals surface area contributed by atoms with Gasteiger partial charge in [0.1, 0.15) is 14.2 Å². The van der Waals surface area contributed by atoms with E-state index >= 15 is 0 Å². The van der Waals surface area contributed by atoms with E-state index in [4.69, 9.17) is 0 Å². The average Bonchev–Trinajstić information content (AvgIpc) is 2.28. The molecule has 0 spiro atoms. The zero-order valence-electron chi connectivity index (χ0n) is 14.1. The Bertz CT molecular complexity index is 274. The molecule has 0 aliphatic heterocycles. The number of hydrogen-bond acceptors (Lipinski definition) is 1. The molecule has 1 nitrogen and oxygen atoms in total. The molecule has 1 atom stereocenters. The molecule has 1 N–H and O–H groups in total. The molecule has 0 aromatic rings. The quantitative estimate of drug-likeness (QED) is 0.389. The maximum Gasteiger partial charge on any atom is 0.146 e. The first-order valence-electron chi connectivity index (χ1n) is 7.99. The fourth-order valence-corrected chi connectivity index (χ4v) is 8.58. The van der Waals surface area contributed by atoms with E-state index in [1.54, 1.807) is 0 Å². The van der Waals surface area contributed by atoms with Crippen molar-refractivity contribution in [3.63, 3.8) is 0 Å². The highest BCUT2D eigenvalue weighted by molar-refractivity contribution is 6.90. The smallest absolute Gasteiger partial charge is 0.146 e. The van der Waals surface area contributed by atoms with Crippen LogP contribution in [0.15, 0.2) is 0 Å². The molecule has 0 aliphatic rings. The molecule has 0 radical (unpaired) electrons. The van der Waals surface area contributed by atoms with Crippen molar-refractivity contribution in [3.8, 4) is 11.5 Å². The highest BCUT2D eigenvalue weighted by Crippen LogP contribution is 2.40. The lowest BCUT2D eigenvalue weighted by Gasteiger charge is -2.38. The van der Waals surface area contributed by atoms with Crippen LogP contribution < -0.4 is 0 Å². The van der Waals surface area contributed by atoms with Crippen molar-refractivity contribution in [2.45, 2.75) is 96.9 Å².